The quantitative estimate of drug-likeness (QED) is 0.530. The Kier molecular flexibility index (Phi) is 5.75. The number of aromatic nitrogens is 1. The van der Waals surface area contributed by atoms with E-state index in [4.69, 9.17) is 4.74 Å². The van der Waals surface area contributed by atoms with Gasteiger partial charge in [-0.15, -0.1) is 0 Å². The molecule has 0 radical (unpaired) electrons. The lowest BCUT2D eigenvalue weighted by Crippen LogP contribution is -2.05. The molecule has 3 nitrogen and oxygen atoms in total. The Morgan fingerprint density at radius 2 is 1.71 bits per heavy atom. The van der Waals surface area contributed by atoms with E-state index in [2.05, 4.69) is 4.98 Å². The lowest BCUT2D eigenvalue weighted by atomic mass is 10.1. The third-order valence-electron chi connectivity index (χ3n) is 3.93. The standard InChI is InChI=1S/C22H15F3N2O/c23-22(24,25)19-8-11-21(27-14-19)18(13-26)12-16-6-9-20(10-7-16)28-15-17-4-2-1-3-5-17/h1-12,14H,15H2/b18-12+. The predicted molar refractivity (Wildman–Crippen MR) is 99.9 cm³/mol. The van der Waals surface area contributed by atoms with Crippen LogP contribution in [0.3, 0.4) is 0 Å². The van der Waals surface area contributed by atoms with Gasteiger partial charge in [0, 0.05) is 6.20 Å². The van der Waals surface area contributed by atoms with E-state index in [1.165, 1.54) is 6.07 Å². The van der Waals surface area contributed by atoms with Gasteiger partial charge in [0.05, 0.1) is 16.8 Å². The summed E-state index contributed by atoms with van der Waals surface area (Å²) in [6.45, 7) is 0.439. The molecule has 0 aliphatic rings. The molecule has 0 N–H and O–H groups in total. The summed E-state index contributed by atoms with van der Waals surface area (Å²) in [6.07, 6.45) is -2.17. The molecule has 140 valence electrons. The minimum Gasteiger partial charge on any atom is -0.489 e. The molecule has 6 heteroatoms. The van der Waals surface area contributed by atoms with E-state index in [9.17, 15) is 18.4 Å². The maximum Gasteiger partial charge on any atom is 0.417 e. The molecule has 2 aromatic carbocycles. The summed E-state index contributed by atoms with van der Waals surface area (Å²) in [5, 5.41) is 9.33. The fourth-order valence-corrected chi connectivity index (χ4v) is 2.45. The van der Waals surface area contributed by atoms with Gasteiger partial charge in [-0.2, -0.15) is 18.4 Å². The summed E-state index contributed by atoms with van der Waals surface area (Å²) < 4.78 is 43.6. The Morgan fingerprint density at radius 1 is 1.00 bits per heavy atom. The summed E-state index contributed by atoms with van der Waals surface area (Å²) >= 11 is 0. The number of halogens is 3. The van der Waals surface area contributed by atoms with Crippen LogP contribution in [0.2, 0.25) is 0 Å². The Balaban J connectivity index is 1.71. The number of nitrogens with zero attached hydrogens (tertiary/aromatic N) is 2. The van der Waals surface area contributed by atoms with Crippen molar-refractivity contribution in [2.24, 2.45) is 0 Å². The number of alkyl halides is 3. The van der Waals surface area contributed by atoms with Gasteiger partial charge in [-0.05, 0) is 41.5 Å². The monoisotopic (exact) mass is 380 g/mol. The summed E-state index contributed by atoms with van der Waals surface area (Å²) in [7, 11) is 0. The van der Waals surface area contributed by atoms with E-state index in [0.717, 1.165) is 17.8 Å². The summed E-state index contributed by atoms with van der Waals surface area (Å²) in [6, 6.07) is 20.9. The largest absolute Gasteiger partial charge is 0.489 e. The van der Waals surface area contributed by atoms with Crippen molar-refractivity contribution in [1.29, 1.82) is 5.26 Å². The van der Waals surface area contributed by atoms with Crippen LogP contribution < -0.4 is 4.74 Å². The van der Waals surface area contributed by atoms with Crippen molar-refractivity contribution in [3.63, 3.8) is 0 Å². The van der Waals surface area contributed by atoms with Gasteiger partial charge in [-0.25, -0.2) is 0 Å². The van der Waals surface area contributed by atoms with Crippen molar-refractivity contribution in [2.75, 3.05) is 0 Å². The van der Waals surface area contributed by atoms with Crippen LogP contribution in [0, 0.1) is 11.3 Å². The Bertz CT molecular complexity index is 987. The highest BCUT2D eigenvalue weighted by atomic mass is 19.4. The zero-order valence-electron chi connectivity index (χ0n) is 14.6. The van der Waals surface area contributed by atoms with Crippen LogP contribution in [0.4, 0.5) is 13.2 Å². The molecule has 0 aliphatic heterocycles. The molecule has 3 rings (SSSR count). The Labute approximate surface area is 160 Å². The summed E-state index contributed by atoms with van der Waals surface area (Å²) in [4.78, 5) is 3.76. The van der Waals surface area contributed by atoms with Crippen molar-refractivity contribution < 1.29 is 17.9 Å². The van der Waals surface area contributed by atoms with E-state index in [1.807, 2.05) is 36.4 Å². The van der Waals surface area contributed by atoms with E-state index in [-0.39, 0.29) is 11.3 Å². The third kappa shape index (κ3) is 4.98. The first-order valence-corrected chi connectivity index (χ1v) is 8.38. The molecule has 1 heterocycles. The topological polar surface area (TPSA) is 45.9 Å². The summed E-state index contributed by atoms with van der Waals surface area (Å²) in [5.74, 6) is 0.673. The number of rotatable bonds is 5. The average Bonchev–Trinajstić information content (AvgIpc) is 2.71. The fourth-order valence-electron chi connectivity index (χ4n) is 2.45. The lowest BCUT2D eigenvalue weighted by molar-refractivity contribution is -0.137. The minimum atomic E-state index is -4.46. The number of allylic oxidation sites excluding steroid dienone is 1. The maximum absolute atomic E-state index is 12.6. The van der Waals surface area contributed by atoms with Crippen LogP contribution in [0.25, 0.3) is 11.6 Å². The second-order valence-corrected chi connectivity index (χ2v) is 5.94. The van der Waals surface area contributed by atoms with Crippen LogP contribution in [0.15, 0.2) is 72.9 Å². The number of benzene rings is 2. The van der Waals surface area contributed by atoms with Crippen molar-refractivity contribution >= 4 is 11.6 Å². The molecular formula is C22H15F3N2O. The smallest absolute Gasteiger partial charge is 0.417 e. The third-order valence-corrected chi connectivity index (χ3v) is 3.93. The Morgan fingerprint density at radius 3 is 2.29 bits per heavy atom. The molecule has 0 saturated carbocycles. The number of nitriles is 1. The first kappa shape index (κ1) is 19.2. The molecular weight excluding hydrogens is 365 g/mol. The molecule has 0 unspecified atom stereocenters. The highest BCUT2D eigenvalue weighted by Crippen LogP contribution is 2.29. The number of hydrogen-bond donors (Lipinski definition) is 0. The molecule has 0 atom stereocenters. The van der Waals surface area contributed by atoms with E-state index in [1.54, 1.807) is 30.3 Å². The van der Waals surface area contributed by atoms with Gasteiger partial charge in [-0.3, -0.25) is 4.98 Å². The number of pyridine rings is 1. The van der Waals surface area contributed by atoms with Crippen molar-refractivity contribution in [1.82, 2.24) is 4.98 Å². The van der Waals surface area contributed by atoms with Gasteiger partial charge in [0.15, 0.2) is 0 Å². The minimum absolute atomic E-state index is 0.173. The van der Waals surface area contributed by atoms with Gasteiger partial charge >= 0.3 is 6.18 Å². The first-order chi connectivity index (χ1) is 13.5. The molecule has 0 spiro atoms. The molecule has 0 bridgehead atoms. The van der Waals surface area contributed by atoms with Crippen molar-refractivity contribution in [3.8, 4) is 11.8 Å². The van der Waals surface area contributed by atoms with Crippen LogP contribution in [-0.2, 0) is 12.8 Å². The molecule has 0 saturated heterocycles. The van der Waals surface area contributed by atoms with E-state index >= 15 is 0 Å². The highest BCUT2D eigenvalue weighted by Gasteiger charge is 2.30. The van der Waals surface area contributed by atoms with Crippen molar-refractivity contribution in [2.45, 2.75) is 12.8 Å². The lowest BCUT2D eigenvalue weighted by Gasteiger charge is -2.07. The van der Waals surface area contributed by atoms with Gasteiger partial charge in [-0.1, -0.05) is 42.5 Å². The van der Waals surface area contributed by atoms with Gasteiger partial charge in [0.25, 0.3) is 0 Å². The van der Waals surface area contributed by atoms with Gasteiger partial charge < -0.3 is 4.74 Å². The van der Waals surface area contributed by atoms with Gasteiger partial charge in [0.1, 0.15) is 18.4 Å². The maximum atomic E-state index is 12.6. The predicted octanol–water partition coefficient (Wildman–Crippen LogP) is 5.74. The Hall–Kier alpha value is -3.59. The summed E-state index contributed by atoms with van der Waals surface area (Å²) in [5.41, 5.74) is 1.26. The zero-order valence-corrected chi connectivity index (χ0v) is 14.6. The molecule has 0 fully saturated rings. The van der Waals surface area contributed by atoms with Crippen LogP contribution in [0.1, 0.15) is 22.4 Å². The SMILES string of the molecule is N#C/C(=C\c1ccc(OCc2ccccc2)cc1)c1ccc(C(F)(F)F)cn1. The molecule has 1 aromatic heterocycles. The fraction of sp³-hybridized carbons (Fsp3) is 0.0909. The van der Waals surface area contributed by atoms with Crippen LogP contribution >= 0.6 is 0 Å². The molecule has 28 heavy (non-hydrogen) atoms. The molecule has 0 amide bonds. The van der Waals surface area contributed by atoms with Crippen LogP contribution in [-0.4, -0.2) is 4.98 Å². The van der Waals surface area contributed by atoms with E-state index in [0.29, 0.717) is 17.9 Å². The number of ether oxygens (including phenoxy) is 1. The zero-order chi connectivity index (χ0) is 20.0. The molecule has 0 aliphatic carbocycles. The first-order valence-electron chi connectivity index (χ1n) is 8.38. The average molecular weight is 380 g/mol. The normalized spacial score (nSPS) is 11.7. The van der Waals surface area contributed by atoms with Crippen molar-refractivity contribution in [3.05, 3.63) is 95.3 Å². The molecule has 3 aromatic rings. The number of hydrogen-bond acceptors (Lipinski definition) is 3. The highest BCUT2D eigenvalue weighted by molar-refractivity contribution is 5.88. The second-order valence-electron chi connectivity index (χ2n) is 5.94. The van der Waals surface area contributed by atoms with E-state index < -0.39 is 11.7 Å². The second kappa shape index (κ2) is 8.40. The van der Waals surface area contributed by atoms with Gasteiger partial charge in [0.2, 0.25) is 0 Å². The van der Waals surface area contributed by atoms with Crippen LogP contribution in [0.5, 0.6) is 5.75 Å².